The number of carboxylic acid groups (broad SMARTS) is 1. The van der Waals surface area contributed by atoms with Crippen molar-refractivity contribution in [2.45, 2.75) is 52.0 Å². The molecule has 0 bridgehead atoms. The van der Waals surface area contributed by atoms with Gasteiger partial charge in [0.15, 0.2) is 0 Å². The summed E-state index contributed by atoms with van der Waals surface area (Å²) in [5.41, 5.74) is 0. The monoisotopic (exact) mass is 270 g/mol. The quantitative estimate of drug-likeness (QED) is 0.794. The van der Waals surface area contributed by atoms with E-state index in [-0.39, 0.29) is 31.3 Å². The van der Waals surface area contributed by atoms with E-state index in [1.807, 2.05) is 0 Å². The zero-order valence-corrected chi connectivity index (χ0v) is 11.5. The van der Waals surface area contributed by atoms with E-state index in [0.717, 1.165) is 12.8 Å². The predicted octanol–water partition coefficient (Wildman–Crippen LogP) is 1.60. The van der Waals surface area contributed by atoms with Gasteiger partial charge in [-0.05, 0) is 25.2 Å². The van der Waals surface area contributed by atoms with Gasteiger partial charge >= 0.3 is 12.0 Å². The lowest BCUT2D eigenvalue weighted by Crippen LogP contribution is -2.46. The first-order valence-corrected chi connectivity index (χ1v) is 6.74. The van der Waals surface area contributed by atoms with Crippen molar-refractivity contribution < 1.29 is 19.5 Å². The van der Waals surface area contributed by atoms with Crippen LogP contribution in [-0.4, -0.2) is 40.5 Å². The number of carbonyl (C=O) groups excluding carboxylic acids is 2. The minimum absolute atomic E-state index is 0.0556. The number of amides is 3. The lowest BCUT2D eigenvalue weighted by molar-refractivity contribution is -0.137. The Morgan fingerprint density at radius 1 is 1.32 bits per heavy atom. The largest absolute Gasteiger partial charge is 0.481 e. The molecule has 3 amide bonds. The molecule has 1 rings (SSSR count). The van der Waals surface area contributed by atoms with Crippen LogP contribution in [0.15, 0.2) is 0 Å². The van der Waals surface area contributed by atoms with Gasteiger partial charge in [-0.2, -0.15) is 0 Å². The van der Waals surface area contributed by atoms with Gasteiger partial charge in [-0.3, -0.25) is 14.9 Å². The van der Waals surface area contributed by atoms with Crippen molar-refractivity contribution in [3.8, 4) is 0 Å². The highest BCUT2D eigenvalue weighted by Crippen LogP contribution is 2.23. The number of imide groups is 1. The minimum Gasteiger partial charge on any atom is -0.481 e. The van der Waals surface area contributed by atoms with Gasteiger partial charge < -0.3 is 10.0 Å². The average Bonchev–Trinajstić information content (AvgIpc) is 2.77. The molecule has 2 N–H and O–H groups in total. The molecule has 108 valence electrons. The number of nitrogens with zero attached hydrogens (tertiary/aromatic N) is 1. The first-order valence-electron chi connectivity index (χ1n) is 6.74. The lowest BCUT2D eigenvalue weighted by Gasteiger charge is -2.27. The van der Waals surface area contributed by atoms with Gasteiger partial charge in [-0.15, -0.1) is 0 Å². The second-order valence-corrected chi connectivity index (χ2v) is 5.25. The van der Waals surface area contributed by atoms with Crippen LogP contribution in [-0.2, 0) is 9.59 Å². The van der Waals surface area contributed by atoms with E-state index in [1.165, 1.54) is 0 Å². The summed E-state index contributed by atoms with van der Waals surface area (Å²) in [7, 11) is 0. The molecule has 1 fully saturated rings. The molecular formula is C13H22N2O4. The molecule has 0 radical (unpaired) electrons. The zero-order valence-electron chi connectivity index (χ0n) is 11.5. The van der Waals surface area contributed by atoms with Crippen LogP contribution in [0.25, 0.3) is 0 Å². The van der Waals surface area contributed by atoms with Crippen molar-refractivity contribution in [1.82, 2.24) is 10.2 Å². The Balaban J connectivity index is 2.37. The first kappa shape index (κ1) is 15.5. The molecule has 1 aliphatic heterocycles. The summed E-state index contributed by atoms with van der Waals surface area (Å²) < 4.78 is 0. The summed E-state index contributed by atoms with van der Waals surface area (Å²) >= 11 is 0. The van der Waals surface area contributed by atoms with E-state index in [9.17, 15) is 14.4 Å². The predicted molar refractivity (Wildman–Crippen MR) is 69.6 cm³/mol. The van der Waals surface area contributed by atoms with Crippen molar-refractivity contribution >= 4 is 17.9 Å². The van der Waals surface area contributed by atoms with Gasteiger partial charge in [-0.25, -0.2) is 4.79 Å². The fourth-order valence-electron chi connectivity index (χ4n) is 2.39. The molecule has 19 heavy (non-hydrogen) atoms. The van der Waals surface area contributed by atoms with Crippen molar-refractivity contribution in [3.05, 3.63) is 0 Å². The van der Waals surface area contributed by atoms with Gasteiger partial charge in [-0.1, -0.05) is 13.8 Å². The molecule has 6 heteroatoms. The Labute approximate surface area is 113 Å². The standard InChI is InChI=1S/C13H22N2O4/c1-9(2)10-5-4-8-15(10)13(19)14-11(16)6-3-7-12(17)18/h9-10H,3-8H2,1-2H3,(H,17,18)(H,14,16,19). The van der Waals surface area contributed by atoms with Crippen LogP contribution in [0.1, 0.15) is 46.0 Å². The number of likely N-dealkylation sites (tertiary alicyclic amines) is 1. The molecular weight excluding hydrogens is 248 g/mol. The number of aliphatic carboxylic acids is 1. The highest BCUT2D eigenvalue weighted by Gasteiger charge is 2.31. The van der Waals surface area contributed by atoms with E-state index in [4.69, 9.17) is 5.11 Å². The average molecular weight is 270 g/mol. The minimum atomic E-state index is -0.932. The van der Waals surface area contributed by atoms with Crippen LogP contribution in [0.4, 0.5) is 4.79 Å². The molecule has 0 aromatic carbocycles. The Morgan fingerprint density at radius 3 is 2.58 bits per heavy atom. The second-order valence-electron chi connectivity index (χ2n) is 5.25. The molecule has 0 aromatic heterocycles. The van der Waals surface area contributed by atoms with Crippen molar-refractivity contribution in [2.75, 3.05) is 6.54 Å². The van der Waals surface area contributed by atoms with Crippen molar-refractivity contribution in [3.63, 3.8) is 0 Å². The molecule has 0 spiro atoms. The number of hydrogen-bond donors (Lipinski definition) is 2. The lowest BCUT2D eigenvalue weighted by atomic mass is 10.0. The van der Waals surface area contributed by atoms with Crippen LogP contribution >= 0.6 is 0 Å². The number of carboxylic acids is 1. The topological polar surface area (TPSA) is 86.7 Å². The molecule has 6 nitrogen and oxygen atoms in total. The Hall–Kier alpha value is -1.59. The van der Waals surface area contributed by atoms with E-state index >= 15 is 0 Å². The molecule has 1 unspecified atom stereocenters. The maximum absolute atomic E-state index is 11.9. The Morgan fingerprint density at radius 2 is 2.00 bits per heavy atom. The maximum atomic E-state index is 11.9. The fourth-order valence-corrected chi connectivity index (χ4v) is 2.39. The number of hydrogen-bond acceptors (Lipinski definition) is 3. The summed E-state index contributed by atoms with van der Waals surface area (Å²) in [5, 5.41) is 10.8. The molecule has 1 saturated heterocycles. The van der Waals surface area contributed by atoms with Gasteiger partial charge in [0.2, 0.25) is 5.91 Å². The van der Waals surface area contributed by atoms with E-state index in [2.05, 4.69) is 19.2 Å². The van der Waals surface area contributed by atoms with Gasteiger partial charge in [0.05, 0.1) is 0 Å². The van der Waals surface area contributed by atoms with Gasteiger partial charge in [0.1, 0.15) is 0 Å². The Kier molecular flexibility index (Phi) is 5.79. The third kappa shape index (κ3) is 4.89. The first-order chi connectivity index (χ1) is 8.91. The molecule has 0 aromatic rings. The Bertz CT molecular complexity index is 355. The van der Waals surface area contributed by atoms with E-state index in [1.54, 1.807) is 4.90 Å². The molecule has 1 atom stereocenters. The van der Waals surface area contributed by atoms with Crippen LogP contribution in [0.5, 0.6) is 0 Å². The number of urea groups is 1. The summed E-state index contributed by atoms with van der Waals surface area (Å²) in [4.78, 5) is 35.5. The number of nitrogens with one attached hydrogen (secondary N) is 1. The summed E-state index contributed by atoms with van der Waals surface area (Å²) in [6, 6.07) is -0.164. The highest BCUT2D eigenvalue weighted by molar-refractivity contribution is 5.94. The second kappa shape index (κ2) is 7.11. The third-order valence-electron chi connectivity index (χ3n) is 3.37. The molecule has 0 saturated carbocycles. The summed E-state index contributed by atoms with van der Waals surface area (Å²) in [5.74, 6) is -0.963. The smallest absolute Gasteiger partial charge is 0.324 e. The van der Waals surface area contributed by atoms with Gasteiger partial charge in [0.25, 0.3) is 0 Å². The molecule has 0 aliphatic carbocycles. The summed E-state index contributed by atoms with van der Waals surface area (Å²) in [6.45, 7) is 4.80. The van der Waals surface area contributed by atoms with E-state index < -0.39 is 11.9 Å². The number of carbonyl (C=O) groups is 3. The third-order valence-corrected chi connectivity index (χ3v) is 3.37. The number of rotatable bonds is 5. The van der Waals surface area contributed by atoms with Crippen LogP contribution < -0.4 is 5.32 Å². The summed E-state index contributed by atoms with van der Waals surface area (Å²) in [6.07, 6.45) is 2.20. The van der Waals surface area contributed by atoms with E-state index in [0.29, 0.717) is 12.5 Å². The normalized spacial score (nSPS) is 18.7. The molecule has 1 heterocycles. The van der Waals surface area contributed by atoms with Crippen molar-refractivity contribution in [1.29, 1.82) is 0 Å². The van der Waals surface area contributed by atoms with Crippen LogP contribution in [0, 0.1) is 5.92 Å². The highest BCUT2D eigenvalue weighted by atomic mass is 16.4. The SMILES string of the molecule is CC(C)C1CCCN1C(=O)NC(=O)CCCC(=O)O. The van der Waals surface area contributed by atoms with Crippen LogP contribution in [0.2, 0.25) is 0 Å². The fraction of sp³-hybridized carbons (Fsp3) is 0.769. The molecule has 1 aliphatic rings. The zero-order chi connectivity index (χ0) is 14.4. The maximum Gasteiger partial charge on any atom is 0.324 e. The van der Waals surface area contributed by atoms with Gasteiger partial charge in [0, 0.05) is 25.4 Å². The van der Waals surface area contributed by atoms with Crippen LogP contribution in [0.3, 0.4) is 0 Å². The van der Waals surface area contributed by atoms with Crippen molar-refractivity contribution in [2.24, 2.45) is 5.92 Å².